The van der Waals surface area contributed by atoms with E-state index in [1.165, 1.54) is 6.07 Å². The van der Waals surface area contributed by atoms with Crippen LogP contribution in [0.1, 0.15) is 10.4 Å². The van der Waals surface area contributed by atoms with Gasteiger partial charge in [0.05, 0.1) is 11.1 Å². The lowest BCUT2D eigenvalue weighted by molar-refractivity contribution is -0.385. The van der Waals surface area contributed by atoms with Gasteiger partial charge in [-0.05, 0) is 18.2 Å². The molecule has 2 aromatic rings. The molecule has 0 unspecified atom stereocenters. The van der Waals surface area contributed by atoms with Crippen molar-refractivity contribution in [2.24, 2.45) is 0 Å². The highest BCUT2D eigenvalue weighted by Crippen LogP contribution is 2.21. The van der Waals surface area contributed by atoms with Gasteiger partial charge in [-0.2, -0.15) is 0 Å². The first-order valence-corrected chi connectivity index (χ1v) is 5.58. The van der Waals surface area contributed by atoms with E-state index >= 15 is 0 Å². The maximum Gasteiger partial charge on any atom is 0.300 e. The van der Waals surface area contributed by atoms with E-state index in [0.29, 0.717) is 0 Å². The minimum Gasteiger partial charge on any atom is -0.306 e. The Morgan fingerprint density at radius 3 is 2.70 bits per heavy atom. The molecule has 2 aromatic heterocycles. The van der Waals surface area contributed by atoms with Gasteiger partial charge in [-0.25, -0.2) is 14.4 Å². The van der Waals surface area contributed by atoms with Crippen LogP contribution in [0.2, 0.25) is 5.15 Å². The molecule has 0 saturated heterocycles. The predicted octanol–water partition coefficient (Wildman–Crippen LogP) is 2.43. The van der Waals surface area contributed by atoms with E-state index in [2.05, 4.69) is 15.3 Å². The summed E-state index contributed by atoms with van der Waals surface area (Å²) >= 11 is 5.61. The molecule has 0 spiro atoms. The van der Waals surface area contributed by atoms with Crippen molar-refractivity contribution < 1.29 is 14.1 Å². The van der Waals surface area contributed by atoms with Crippen molar-refractivity contribution in [3.05, 3.63) is 57.2 Å². The summed E-state index contributed by atoms with van der Waals surface area (Å²) in [5.74, 6) is -1.31. The van der Waals surface area contributed by atoms with Crippen molar-refractivity contribution in [2.75, 3.05) is 5.32 Å². The number of hydrogen-bond donors (Lipinski definition) is 1. The molecule has 2 rings (SSSR count). The van der Waals surface area contributed by atoms with Crippen LogP contribution in [0, 0.1) is 15.9 Å². The van der Waals surface area contributed by atoms with Gasteiger partial charge in [0.2, 0.25) is 0 Å². The molecule has 0 aliphatic rings. The fourth-order valence-electron chi connectivity index (χ4n) is 1.38. The van der Waals surface area contributed by atoms with E-state index < -0.39 is 22.3 Å². The summed E-state index contributed by atoms with van der Waals surface area (Å²) < 4.78 is 12.7. The van der Waals surface area contributed by atoms with Gasteiger partial charge < -0.3 is 5.32 Å². The van der Waals surface area contributed by atoms with Crippen molar-refractivity contribution >= 4 is 29.0 Å². The Kier molecular flexibility index (Phi) is 3.85. The number of carbonyl (C=O) groups excluding carboxylic acids is 1. The molecule has 0 radical (unpaired) electrons. The molecule has 20 heavy (non-hydrogen) atoms. The molecule has 0 saturated carbocycles. The normalized spacial score (nSPS) is 10.1. The summed E-state index contributed by atoms with van der Waals surface area (Å²) in [6, 6.07) is 3.39. The molecule has 1 N–H and O–H groups in total. The van der Waals surface area contributed by atoms with E-state index in [1.807, 2.05) is 0 Å². The molecular weight excluding hydrogens is 291 g/mol. The second kappa shape index (κ2) is 5.57. The lowest BCUT2D eigenvalue weighted by atomic mass is 10.2. The third-order valence-electron chi connectivity index (χ3n) is 2.26. The number of nitrogens with one attached hydrogen (secondary N) is 1. The Morgan fingerprint density at radius 2 is 2.10 bits per heavy atom. The van der Waals surface area contributed by atoms with Gasteiger partial charge in [-0.1, -0.05) is 11.6 Å². The Bertz CT molecular complexity index is 678. The SMILES string of the molecule is O=C(Nc1ccc(F)cn1)c1cc(Cl)ncc1[N+](=O)[O-]. The monoisotopic (exact) mass is 296 g/mol. The number of rotatable bonds is 3. The Labute approximate surface area is 116 Å². The first-order valence-electron chi connectivity index (χ1n) is 5.20. The van der Waals surface area contributed by atoms with Crippen LogP contribution in [0.4, 0.5) is 15.9 Å². The second-order valence-corrected chi connectivity index (χ2v) is 3.98. The fourth-order valence-corrected chi connectivity index (χ4v) is 1.54. The number of nitro groups is 1. The molecular formula is C11H6ClFN4O3. The molecule has 0 aromatic carbocycles. The van der Waals surface area contributed by atoms with Crippen molar-refractivity contribution in [1.82, 2.24) is 9.97 Å². The van der Waals surface area contributed by atoms with E-state index in [0.717, 1.165) is 24.5 Å². The maximum atomic E-state index is 12.7. The average Bonchev–Trinajstić information content (AvgIpc) is 2.41. The number of hydrogen-bond acceptors (Lipinski definition) is 5. The van der Waals surface area contributed by atoms with Crippen LogP contribution in [-0.2, 0) is 0 Å². The summed E-state index contributed by atoms with van der Waals surface area (Å²) in [6.07, 6.45) is 1.79. The van der Waals surface area contributed by atoms with Crippen LogP contribution in [-0.4, -0.2) is 20.8 Å². The Balaban J connectivity index is 2.31. The summed E-state index contributed by atoms with van der Waals surface area (Å²) in [4.78, 5) is 29.2. The molecule has 102 valence electrons. The molecule has 0 atom stereocenters. The number of halogens is 2. The number of amides is 1. The van der Waals surface area contributed by atoms with E-state index in [-0.39, 0.29) is 16.5 Å². The zero-order chi connectivity index (χ0) is 14.7. The summed E-state index contributed by atoms with van der Waals surface area (Å²) in [7, 11) is 0. The quantitative estimate of drug-likeness (QED) is 0.533. The van der Waals surface area contributed by atoms with Crippen LogP contribution in [0.15, 0.2) is 30.6 Å². The van der Waals surface area contributed by atoms with E-state index in [1.54, 1.807) is 0 Å². The average molecular weight is 297 g/mol. The van der Waals surface area contributed by atoms with Gasteiger partial charge in [-0.3, -0.25) is 14.9 Å². The molecule has 0 aliphatic heterocycles. The molecule has 1 amide bonds. The van der Waals surface area contributed by atoms with Gasteiger partial charge in [0, 0.05) is 0 Å². The molecule has 0 aliphatic carbocycles. The van der Waals surface area contributed by atoms with Crippen LogP contribution in [0.5, 0.6) is 0 Å². The standard InChI is InChI=1S/C11H6ClFN4O3/c12-9-3-7(8(5-14-9)17(19)20)11(18)16-10-2-1-6(13)4-15-10/h1-5H,(H,15,16,18). The fraction of sp³-hybridized carbons (Fsp3) is 0. The molecule has 7 nitrogen and oxygen atoms in total. The van der Waals surface area contributed by atoms with Crippen molar-refractivity contribution in [3.63, 3.8) is 0 Å². The molecule has 0 fully saturated rings. The van der Waals surface area contributed by atoms with E-state index in [4.69, 9.17) is 11.6 Å². The zero-order valence-electron chi connectivity index (χ0n) is 9.71. The number of anilines is 1. The van der Waals surface area contributed by atoms with Crippen LogP contribution in [0.25, 0.3) is 0 Å². The third-order valence-corrected chi connectivity index (χ3v) is 2.47. The largest absolute Gasteiger partial charge is 0.306 e. The summed E-state index contributed by atoms with van der Waals surface area (Å²) in [5.41, 5.74) is -0.755. The number of carbonyl (C=O) groups is 1. The van der Waals surface area contributed by atoms with Crippen molar-refractivity contribution in [1.29, 1.82) is 0 Å². The van der Waals surface area contributed by atoms with Crippen molar-refractivity contribution in [2.45, 2.75) is 0 Å². The van der Waals surface area contributed by atoms with Gasteiger partial charge in [0.1, 0.15) is 28.5 Å². The van der Waals surface area contributed by atoms with Crippen LogP contribution in [0.3, 0.4) is 0 Å². The highest BCUT2D eigenvalue weighted by Gasteiger charge is 2.21. The van der Waals surface area contributed by atoms with Gasteiger partial charge in [0.15, 0.2) is 0 Å². The lowest BCUT2D eigenvalue weighted by Gasteiger charge is -2.05. The number of pyridine rings is 2. The Morgan fingerprint density at radius 1 is 1.35 bits per heavy atom. The number of aromatic nitrogens is 2. The highest BCUT2D eigenvalue weighted by atomic mass is 35.5. The topological polar surface area (TPSA) is 98.0 Å². The smallest absolute Gasteiger partial charge is 0.300 e. The van der Waals surface area contributed by atoms with Crippen LogP contribution < -0.4 is 5.32 Å². The summed E-state index contributed by atoms with van der Waals surface area (Å²) in [5, 5.41) is 13.0. The minimum atomic E-state index is -0.792. The molecule has 9 heteroatoms. The lowest BCUT2D eigenvalue weighted by Crippen LogP contribution is -2.15. The maximum absolute atomic E-state index is 12.7. The first-order chi connectivity index (χ1) is 9.47. The third kappa shape index (κ3) is 3.04. The van der Waals surface area contributed by atoms with E-state index in [9.17, 15) is 19.3 Å². The first kappa shape index (κ1) is 13.8. The van der Waals surface area contributed by atoms with Crippen LogP contribution >= 0.6 is 11.6 Å². The summed E-state index contributed by atoms with van der Waals surface area (Å²) in [6.45, 7) is 0. The predicted molar refractivity (Wildman–Crippen MR) is 68.0 cm³/mol. The molecule has 0 bridgehead atoms. The van der Waals surface area contributed by atoms with Gasteiger partial charge >= 0.3 is 0 Å². The molecule has 2 heterocycles. The van der Waals surface area contributed by atoms with Crippen molar-refractivity contribution in [3.8, 4) is 0 Å². The minimum absolute atomic E-state index is 0.0543. The Hall–Kier alpha value is -2.61. The zero-order valence-corrected chi connectivity index (χ0v) is 10.5. The number of nitrogens with zero attached hydrogens (tertiary/aromatic N) is 3. The van der Waals surface area contributed by atoms with Gasteiger partial charge in [0.25, 0.3) is 11.6 Å². The van der Waals surface area contributed by atoms with Gasteiger partial charge in [-0.15, -0.1) is 0 Å². The second-order valence-electron chi connectivity index (χ2n) is 3.60. The highest BCUT2D eigenvalue weighted by molar-refractivity contribution is 6.30.